The van der Waals surface area contributed by atoms with Crippen molar-refractivity contribution in [3.63, 3.8) is 0 Å². The molecule has 1 aliphatic heterocycles. The minimum Gasteiger partial charge on any atom is -0.379 e. The molecule has 1 aromatic carbocycles. The van der Waals surface area contributed by atoms with Crippen LogP contribution in [0, 0.1) is 0 Å². The molecule has 0 spiro atoms. The highest BCUT2D eigenvalue weighted by atomic mass is 19.4. The van der Waals surface area contributed by atoms with E-state index in [4.69, 9.17) is 4.74 Å². The smallest absolute Gasteiger partial charge is 0.379 e. The Morgan fingerprint density at radius 2 is 1.68 bits per heavy atom. The van der Waals surface area contributed by atoms with E-state index in [2.05, 4.69) is 20.3 Å². The van der Waals surface area contributed by atoms with E-state index in [0.717, 1.165) is 44.7 Å². The summed E-state index contributed by atoms with van der Waals surface area (Å²) in [6, 6.07) is 6.77. The lowest BCUT2D eigenvalue weighted by Gasteiger charge is -2.48. The van der Waals surface area contributed by atoms with Crippen molar-refractivity contribution in [3.05, 3.63) is 35.4 Å². The molecule has 3 rings (SSSR count). The molecule has 0 unspecified atom stereocenters. The number of nitrogens with one attached hydrogen (secondary N) is 2. The molecule has 9 heteroatoms. The van der Waals surface area contributed by atoms with Crippen LogP contribution in [0.2, 0.25) is 0 Å². The molecule has 2 amide bonds. The van der Waals surface area contributed by atoms with Crippen LogP contribution in [0.4, 0.5) is 18.0 Å². The van der Waals surface area contributed by atoms with Gasteiger partial charge in [-0.25, -0.2) is 4.79 Å². The van der Waals surface area contributed by atoms with Crippen LogP contribution < -0.4 is 10.6 Å². The van der Waals surface area contributed by atoms with Crippen molar-refractivity contribution in [3.8, 4) is 0 Å². The number of rotatable bonds is 8. The highest BCUT2D eigenvalue weighted by Crippen LogP contribution is 2.33. The van der Waals surface area contributed by atoms with Gasteiger partial charge in [-0.15, -0.1) is 0 Å². The zero-order chi connectivity index (χ0) is 22.2. The molecule has 0 bridgehead atoms. The maximum Gasteiger partial charge on any atom is 0.411 e. The molecule has 0 aromatic heterocycles. The highest BCUT2D eigenvalue weighted by Gasteiger charge is 2.38. The van der Waals surface area contributed by atoms with E-state index in [0.29, 0.717) is 18.7 Å². The Morgan fingerprint density at radius 1 is 1.03 bits per heavy atom. The number of halogens is 3. The molecule has 1 heterocycles. The Hall–Kier alpha value is -1.84. The third-order valence-corrected chi connectivity index (χ3v) is 6.05. The predicted molar refractivity (Wildman–Crippen MR) is 111 cm³/mol. The highest BCUT2D eigenvalue weighted by molar-refractivity contribution is 5.73. The van der Waals surface area contributed by atoms with Crippen molar-refractivity contribution < 1.29 is 27.4 Å². The number of carbonyl (C=O) groups excluding carboxylic acids is 1. The van der Waals surface area contributed by atoms with Gasteiger partial charge < -0.3 is 20.1 Å². The van der Waals surface area contributed by atoms with Gasteiger partial charge in [0.25, 0.3) is 0 Å². The van der Waals surface area contributed by atoms with Crippen LogP contribution in [0.15, 0.2) is 24.3 Å². The lowest BCUT2D eigenvalue weighted by atomic mass is 9.80. The summed E-state index contributed by atoms with van der Waals surface area (Å²) in [5.41, 5.74) is 1.54. The molecule has 1 saturated heterocycles. The van der Waals surface area contributed by atoms with Crippen molar-refractivity contribution in [2.45, 2.75) is 57.0 Å². The molecule has 2 aliphatic rings. The molecule has 1 saturated carbocycles. The number of hydrogen-bond donors (Lipinski definition) is 2. The number of morpholine rings is 1. The van der Waals surface area contributed by atoms with Gasteiger partial charge in [-0.1, -0.05) is 43.5 Å². The van der Waals surface area contributed by atoms with Gasteiger partial charge >= 0.3 is 12.2 Å². The minimum absolute atomic E-state index is 0.0113. The summed E-state index contributed by atoms with van der Waals surface area (Å²) in [6.07, 6.45) is 1.46. The van der Waals surface area contributed by atoms with Gasteiger partial charge in [0.1, 0.15) is 6.61 Å². The quantitative estimate of drug-likeness (QED) is 0.645. The third kappa shape index (κ3) is 7.66. The van der Waals surface area contributed by atoms with E-state index in [1.165, 1.54) is 19.3 Å². The van der Waals surface area contributed by atoms with Gasteiger partial charge in [0.05, 0.1) is 19.8 Å². The first-order valence-electron chi connectivity index (χ1n) is 10.9. The summed E-state index contributed by atoms with van der Waals surface area (Å²) in [7, 11) is 0. The Morgan fingerprint density at radius 3 is 2.32 bits per heavy atom. The summed E-state index contributed by atoms with van der Waals surface area (Å²) in [6.45, 7) is 2.90. The number of carbonyl (C=O) groups is 1. The first-order chi connectivity index (χ1) is 14.9. The number of amides is 2. The standard InChI is InChI=1S/C22H32F3N3O3/c23-22(24,25)17-31-15-19-6-4-18(5-7-19)14-26-20(29)27-16-21(8-2-1-3-9-21)28-10-12-30-13-11-28/h4-7H,1-3,8-17H2,(H2,26,27,29). The monoisotopic (exact) mass is 443 g/mol. The second-order valence-corrected chi connectivity index (χ2v) is 8.35. The van der Waals surface area contributed by atoms with E-state index < -0.39 is 12.8 Å². The van der Waals surface area contributed by atoms with Crippen LogP contribution in [-0.2, 0) is 22.6 Å². The topological polar surface area (TPSA) is 62.8 Å². The normalized spacial score (nSPS) is 19.7. The fourth-order valence-electron chi connectivity index (χ4n) is 4.38. The second-order valence-electron chi connectivity index (χ2n) is 8.35. The molecular weight excluding hydrogens is 411 g/mol. The van der Waals surface area contributed by atoms with Gasteiger partial charge in [0.2, 0.25) is 0 Å². The van der Waals surface area contributed by atoms with Crippen molar-refractivity contribution in [2.75, 3.05) is 39.5 Å². The lowest BCUT2D eigenvalue weighted by molar-refractivity contribution is -0.176. The van der Waals surface area contributed by atoms with Gasteiger partial charge in [0, 0.05) is 31.7 Å². The molecule has 2 fully saturated rings. The van der Waals surface area contributed by atoms with Crippen molar-refractivity contribution in [1.82, 2.24) is 15.5 Å². The predicted octanol–water partition coefficient (Wildman–Crippen LogP) is 3.60. The number of nitrogens with zero attached hydrogens (tertiary/aromatic N) is 1. The molecule has 1 aromatic rings. The molecule has 0 atom stereocenters. The van der Waals surface area contributed by atoms with Gasteiger partial charge in [-0.2, -0.15) is 13.2 Å². The minimum atomic E-state index is -4.32. The average molecular weight is 444 g/mol. The summed E-state index contributed by atoms with van der Waals surface area (Å²) in [5, 5.41) is 5.92. The summed E-state index contributed by atoms with van der Waals surface area (Å²) >= 11 is 0. The van der Waals surface area contributed by atoms with Crippen LogP contribution in [0.25, 0.3) is 0 Å². The van der Waals surface area contributed by atoms with Crippen LogP contribution in [0.3, 0.4) is 0 Å². The van der Waals surface area contributed by atoms with E-state index >= 15 is 0 Å². The van der Waals surface area contributed by atoms with E-state index in [1.807, 2.05) is 0 Å². The molecule has 174 valence electrons. The molecule has 31 heavy (non-hydrogen) atoms. The number of alkyl halides is 3. The van der Waals surface area contributed by atoms with Crippen molar-refractivity contribution >= 4 is 6.03 Å². The van der Waals surface area contributed by atoms with Crippen LogP contribution in [0.5, 0.6) is 0 Å². The molecule has 6 nitrogen and oxygen atoms in total. The Balaban J connectivity index is 1.42. The summed E-state index contributed by atoms with van der Waals surface area (Å²) in [4.78, 5) is 14.9. The SMILES string of the molecule is O=C(NCc1ccc(COCC(F)(F)F)cc1)NCC1(N2CCOCC2)CCCCC1. The zero-order valence-electron chi connectivity index (χ0n) is 17.8. The third-order valence-electron chi connectivity index (χ3n) is 6.05. The molecule has 2 N–H and O–H groups in total. The Kier molecular flexibility index (Phi) is 8.57. The second kappa shape index (κ2) is 11.2. The molecular formula is C22H32F3N3O3. The van der Waals surface area contributed by atoms with Crippen molar-refractivity contribution in [2.24, 2.45) is 0 Å². The number of ether oxygens (including phenoxy) is 2. The van der Waals surface area contributed by atoms with Crippen LogP contribution in [-0.4, -0.2) is 62.1 Å². The first kappa shape index (κ1) is 23.8. The van der Waals surface area contributed by atoms with Gasteiger partial charge in [-0.3, -0.25) is 4.90 Å². The average Bonchev–Trinajstić information content (AvgIpc) is 2.77. The largest absolute Gasteiger partial charge is 0.411 e. The maximum atomic E-state index is 12.4. The Labute approximate surface area is 181 Å². The number of hydrogen-bond acceptors (Lipinski definition) is 4. The molecule has 1 aliphatic carbocycles. The fraction of sp³-hybridized carbons (Fsp3) is 0.682. The Bertz CT molecular complexity index is 685. The van der Waals surface area contributed by atoms with Gasteiger partial charge in [-0.05, 0) is 24.0 Å². The fourth-order valence-corrected chi connectivity index (χ4v) is 4.38. The number of benzene rings is 1. The maximum absolute atomic E-state index is 12.4. The summed E-state index contributed by atoms with van der Waals surface area (Å²) in [5.74, 6) is 0. The summed E-state index contributed by atoms with van der Waals surface area (Å²) < 4.78 is 46.5. The van der Waals surface area contributed by atoms with E-state index in [-0.39, 0.29) is 18.2 Å². The van der Waals surface area contributed by atoms with E-state index in [1.54, 1.807) is 24.3 Å². The zero-order valence-corrected chi connectivity index (χ0v) is 17.8. The van der Waals surface area contributed by atoms with Crippen LogP contribution in [0.1, 0.15) is 43.2 Å². The number of urea groups is 1. The first-order valence-corrected chi connectivity index (χ1v) is 10.9. The van der Waals surface area contributed by atoms with E-state index in [9.17, 15) is 18.0 Å². The lowest BCUT2D eigenvalue weighted by Crippen LogP contribution is -2.60. The van der Waals surface area contributed by atoms with Gasteiger partial charge in [0.15, 0.2) is 0 Å². The molecule has 0 radical (unpaired) electrons. The van der Waals surface area contributed by atoms with Crippen molar-refractivity contribution in [1.29, 1.82) is 0 Å². The van der Waals surface area contributed by atoms with Crippen LogP contribution >= 0.6 is 0 Å².